The first-order chi connectivity index (χ1) is 7.15. The smallest absolute Gasteiger partial charge is 0.128 e. The van der Waals surface area contributed by atoms with Crippen LogP contribution in [0, 0.1) is 0 Å². The summed E-state index contributed by atoms with van der Waals surface area (Å²) in [5.41, 5.74) is 2.90. The van der Waals surface area contributed by atoms with E-state index in [1.165, 1.54) is 11.8 Å². The summed E-state index contributed by atoms with van der Waals surface area (Å²) in [6, 6.07) is 5.83. The van der Waals surface area contributed by atoms with E-state index in [0.29, 0.717) is 5.76 Å². The number of fused-ring (bicyclic) bond motifs is 1. The molecular formula is C11H9BrOS2. The third kappa shape index (κ3) is 1.86. The van der Waals surface area contributed by atoms with Crippen LogP contribution in [0.2, 0.25) is 0 Å². The van der Waals surface area contributed by atoms with Gasteiger partial charge in [0.25, 0.3) is 0 Å². The van der Waals surface area contributed by atoms with E-state index in [0.717, 1.165) is 31.8 Å². The summed E-state index contributed by atoms with van der Waals surface area (Å²) < 4.78 is 1.81. The van der Waals surface area contributed by atoms with E-state index in [-0.39, 0.29) is 0 Å². The number of aliphatic hydroxyl groups is 1. The number of halogens is 1. The molecule has 1 nitrogen and oxygen atoms in total. The van der Waals surface area contributed by atoms with Gasteiger partial charge in [0.2, 0.25) is 0 Å². The zero-order valence-electron chi connectivity index (χ0n) is 8.08. The molecule has 0 heterocycles. The van der Waals surface area contributed by atoms with Gasteiger partial charge in [-0.1, -0.05) is 40.3 Å². The largest absolute Gasteiger partial charge is 0.507 e. The van der Waals surface area contributed by atoms with Crippen LogP contribution in [0.5, 0.6) is 0 Å². The van der Waals surface area contributed by atoms with Crippen LogP contribution < -0.4 is 0 Å². The van der Waals surface area contributed by atoms with Crippen molar-refractivity contribution in [2.45, 2.75) is 6.42 Å². The minimum Gasteiger partial charge on any atom is -0.507 e. The summed E-state index contributed by atoms with van der Waals surface area (Å²) in [7, 11) is 0. The molecule has 78 valence electrons. The van der Waals surface area contributed by atoms with E-state index in [1.807, 2.05) is 24.5 Å². The molecule has 0 unspecified atom stereocenters. The van der Waals surface area contributed by atoms with E-state index >= 15 is 0 Å². The van der Waals surface area contributed by atoms with Gasteiger partial charge in [-0.05, 0) is 17.9 Å². The fraction of sp³-hybridized carbons (Fsp3) is 0.182. The first kappa shape index (κ1) is 11.2. The van der Waals surface area contributed by atoms with E-state index in [4.69, 9.17) is 12.2 Å². The Morgan fingerprint density at radius 3 is 2.87 bits per heavy atom. The van der Waals surface area contributed by atoms with E-state index < -0.39 is 0 Å². The van der Waals surface area contributed by atoms with Crippen molar-refractivity contribution in [3.63, 3.8) is 0 Å². The monoisotopic (exact) mass is 300 g/mol. The number of aliphatic hydroxyl groups excluding tert-OH is 1. The van der Waals surface area contributed by atoms with Crippen LogP contribution in [0.1, 0.15) is 11.1 Å². The molecule has 1 aromatic carbocycles. The van der Waals surface area contributed by atoms with Crippen LogP contribution in [0.25, 0.3) is 5.76 Å². The third-order valence-electron chi connectivity index (χ3n) is 2.45. The molecule has 0 radical (unpaired) electrons. The fourth-order valence-electron chi connectivity index (χ4n) is 1.68. The second-order valence-electron chi connectivity index (χ2n) is 3.26. The molecule has 2 rings (SSSR count). The maximum Gasteiger partial charge on any atom is 0.128 e. The third-order valence-corrected chi connectivity index (χ3v) is 4.55. The molecule has 15 heavy (non-hydrogen) atoms. The number of hydrogen-bond acceptors (Lipinski definition) is 3. The topological polar surface area (TPSA) is 20.2 Å². The zero-order chi connectivity index (χ0) is 11.0. The molecule has 0 fully saturated rings. The van der Waals surface area contributed by atoms with Crippen LogP contribution in [-0.4, -0.2) is 15.6 Å². The highest BCUT2D eigenvalue weighted by Crippen LogP contribution is 2.37. The van der Waals surface area contributed by atoms with Crippen LogP contribution >= 0.6 is 39.9 Å². The average molecular weight is 301 g/mol. The molecule has 0 saturated carbocycles. The lowest BCUT2D eigenvalue weighted by Crippen LogP contribution is -1.95. The van der Waals surface area contributed by atoms with Crippen molar-refractivity contribution in [1.29, 1.82) is 0 Å². The summed E-state index contributed by atoms with van der Waals surface area (Å²) in [5, 5.41) is 10.0. The summed E-state index contributed by atoms with van der Waals surface area (Å²) in [5.74, 6) is 0.339. The number of rotatable bonds is 1. The van der Waals surface area contributed by atoms with Gasteiger partial charge in [0.15, 0.2) is 0 Å². The quantitative estimate of drug-likeness (QED) is 0.793. The van der Waals surface area contributed by atoms with Gasteiger partial charge in [0, 0.05) is 22.0 Å². The number of thioether (sulfide) groups is 1. The molecule has 1 N–H and O–H groups in total. The van der Waals surface area contributed by atoms with Gasteiger partial charge in [0.1, 0.15) is 5.76 Å². The summed E-state index contributed by atoms with van der Waals surface area (Å²) in [6.45, 7) is 0. The second-order valence-corrected chi connectivity index (χ2v) is 5.60. The van der Waals surface area contributed by atoms with Gasteiger partial charge >= 0.3 is 0 Å². The van der Waals surface area contributed by atoms with E-state index in [9.17, 15) is 5.11 Å². The van der Waals surface area contributed by atoms with Crippen molar-refractivity contribution in [3.05, 3.63) is 39.4 Å². The SMILES string of the molecule is CSC(=S)C1=C(O)c2cccc(Br)c2C1. The van der Waals surface area contributed by atoms with Gasteiger partial charge in [-0.2, -0.15) is 0 Å². The molecule has 0 spiro atoms. The number of benzene rings is 1. The fourth-order valence-corrected chi connectivity index (χ4v) is 2.77. The minimum atomic E-state index is 0.339. The molecule has 0 atom stereocenters. The molecule has 0 aliphatic heterocycles. The van der Waals surface area contributed by atoms with Gasteiger partial charge in [-0.15, -0.1) is 11.8 Å². The van der Waals surface area contributed by atoms with Crippen molar-refractivity contribution in [1.82, 2.24) is 0 Å². The van der Waals surface area contributed by atoms with Gasteiger partial charge < -0.3 is 5.11 Å². The predicted octanol–water partition coefficient (Wildman–Crippen LogP) is 3.96. The molecule has 0 aromatic heterocycles. The maximum absolute atomic E-state index is 10.0. The van der Waals surface area contributed by atoms with E-state index in [2.05, 4.69) is 15.9 Å². The molecule has 1 aliphatic carbocycles. The zero-order valence-corrected chi connectivity index (χ0v) is 11.3. The summed E-state index contributed by atoms with van der Waals surface area (Å²) in [6.07, 6.45) is 2.66. The lowest BCUT2D eigenvalue weighted by atomic mass is 10.1. The lowest BCUT2D eigenvalue weighted by Gasteiger charge is -2.01. The normalized spacial score (nSPS) is 14.3. The Kier molecular flexibility index (Phi) is 3.19. The standard InChI is InChI=1S/C11H9BrOS2/c1-15-11(14)8-5-7-6(10(8)13)3-2-4-9(7)12/h2-4,13H,5H2,1H3. The van der Waals surface area contributed by atoms with E-state index in [1.54, 1.807) is 0 Å². The Bertz CT molecular complexity index is 466. The van der Waals surface area contributed by atoms with Crippen molar-refractivity contribution < 1.29 is 5.11 Å². The Morgan fingerprint density at radius 1 is 1.53 bits per heavy atom. The average Bonchev–Trinajstić information content (AvgIpc) is 2.57. The lowest BCUT2D eigenvalue weighted by molar-refractivity contribution is 0.511. The van der Waals surface area contributed by atoms with Gasteiger partial charge in [-0.25, -0.2) is 0 Å². The highest BCUT2D eigenvalue weighted by molar-refractivity contribution is 9.10. The van der Waals surface area contributed by atoms with Gasteiger partial charge in [-0.3, -0.25) is 0 Å². The molecule has 1 aromatic rings. The Morgan fingerprint density at radius 2 is 2.27 bits per heavy atom. The van der Waals surface area contributed by atoms with Crippen LogP contribution in [0.4, 0.5) is 0 Å². The summed E-state index contributed by atoms with van der Waals surface area (Å²) in [4.78, 5) is 0. The summed E-state index contributed by atoms with van der Waals surface area (Å²) >= 11 is 10.2. The Hall–Kier alpha value is -0.320. The Balaban J connectivity index is 2.49. The Labute approximate surface area is 107 Å². The number of hydrogen-bond donors (Lipinski definition) is 1. The molecule has 4 heteroatoms. The second kappa shape index (κ2) is 4.28. The minimum absolute atomic E-state index is 0.339. The molecule has 1 aliphatic rings. The first-order valence-electron chi connectivity index (χ1n) is 4.43. The van der Waals surface area contributed by atoms with Crippen molar-refractivity contribution >= 4 is 49.9 Å². The predicted molar refractivity (Wildman–Crippen MR) is 73.5 cm³/mol. The highest BCUT2D eigenvalue weighted by Gasteiger charge is 2.24. The molecule has 0 bridgehead atoms. The van der Waals surface area contributed by atoms with Gasteiger partial charge in [0.05, 0.1) is 4.20 Å². The maximum atomic E-state index is 10.0. The van der Waals surface area contributed by atoms with Crippen molar-refractivity contribution in [3.8, 4) is 0 Å². The molecular weight excluding hydrogens is 292 g/mol. The van der Waals surface area contributed by atoms with Crippen LogP contribution in [0.15, 0.2) is 28.2 Å². The molecule has 0 amide bonds. The van der Waals surface area contributed by atoms with Crippen LogP contribution in [0.3, 0.4) is 0 Å². The van der Waals surface area contributed by atoms with Crippen molar-refractivity contribution in [2.24, 2.45) is 0 Å². The van der Waals surface area contributed by atoms with Crippen molar-refractivity contribution in [2.75, 3.05) is 6.26 Å². The molecule has 0 saturated heterocycles. The highest BCUT2D eigenvalue weighted by atomic mass is 79.9. The first-order valence-corrected chi connectivity index (χ1v) is 6.86. The number of thiocarbonyl (C=S) groups is 1. The van der Waals surface area contributed by atoms with Crippen LogP contribution in [-0.2, 0) is 6.42 Å².